The first-order chi connectivity index (χ1) is 43.5. The van der Waals surface area contributed by atoms with Crippen LogP contribution in [0.15, 0.2) is 18.2 Å². The maximum Gasteiger partial charge on any atom is 0.417 e. The van der Waals surface area contributed by atoms with Crippen molar-refractivity contribution in [3.8, 4) is 0 Å². The van der Waals surface area contributed by atoms with Gasteiger partial charge in [-0.15, -0.1) is 0 Å². The molecule has 2 saturated heterocycles. The normalized spacial score (nSPS) is 25.9. The molecule has 26 heteroatoms. The molecule has 11 amide bonds. The maximum absolute atomic E-state index is 15.2. The van der Waals surface area contributed by atoms with Crippen LogP contribution in [0.3, 0.4) is 0 Å². The van der Waals surface area contributed by atoms with Gasteiger partial charge in [-0.2, -0.15) is 13.2 Å². The van der Waals surface area contributed by atoms with E-state index in [2.05, 4.69) is 21.3 Å². The molecule has 0 radical (unpaired) electrons. The molecule has 0 aromatic heterocycles. The molecule has 4 fully saturated rings. The lowest BCUT2D eigenvalue weighted by atomic mass is 9.84. The maximum atomic E-state index is 15.2. The number of aryl methyl sites for hydroxylation is 1. The Balaban J connectivity index is 1.57. The number of carbonyl (C=O) groups is 11. The number of fused-ring (bicyclic) bond motifs is 1. The van der Waals surface area contributed by atoms with Gasteiger partial charge < -0.3 is 55.6 Å². The highest BCUT2D eigenvalue weighted by Crippen LogP contribution is 2.37. The lowest BCUT2D eigenvalue weighted by Crippen LogP contribution is -2.64. The minimum absolute atomic E-state index is 0.0296. The van der Waals surface area contributed by atoms with E-state index in [1.54, 1.807) is 20.8 Å². The summed E-state index contributed by atoms with van der Waals surface area (Å²) in [7, 11) is 8.61. The fourth-order valence-electron chi connectivity index (χ4n) is 13.7. The smallest absolute Gasteiger partial charge is 0.351 e. The molecular formula is C67H105ClF3N11O11. The van der Waals surface area contributed by atoms with Gasteiger partial charge in [0.1, 0.15) is 41.8 Å². The third-order valence-electron chi connectivity index (χ3n) is 19.3. The van der Waals surface area contributed by atoms with Crippen LogP contribution in [-0.4, -0.2) is 216 Å². The molecule has 2 aliphatic carbocycles. The van der Waals surface area contributed by atoms with Gasteiger partial charge in [0.05, 0.1) is 30.2 Å². The van der Waals surface area contributed by atoms with Crippen molar-refractivity contribution in [2.45, 2.75) is 225 Å². The van der Waals surface area contributed by atoms with Gasteiger partial charge in [0.2, 0.25) is 65.0 Å². The molecule has 2 heterocycles. The first-order valence-corrected chi connectivity index (χ1v) is 33.8. The van der Waals surface area contributed by atoms with Gasteiger partial charge in [0, 0.05) is 61.3 Å². The first-order valence-electron chi connectivity index (χ1n) is 33.4. The molecule has 8 atom stereocenters. The minimum atomic E-state index is -4.75. The van der Waals surface area contributed by atoms with E-state index in [4.69, 9.17) is 11.6 Å². The molecule has 0 bridgehead atoms. The quantitative estimate of drug-likeness (QED) is 0.183. The lowest BCUT2D eigenvalue weighted by molar-refractivity contribution is -0.149. The highest BCUT2D eigenvalue weighted by atomic mass is 35.5. The SMILES string of the molecule is CC[C@H](C)[C@@H]1NC(=O)[C@H](CC(C)C)N(C)C(=O)C[C@@H](CC(C)C)NC(=O)[C@H](C(C)C)N(C)C(=O)C2(CCCC2)NC(=O)C2CCCN2C(=O)[C@H](CCc2ccc(C(F)(F)F)c(Cl)c2)NC(=O)CN(C)C(=O)[C@H](CC2CCCCC2)N(C)C(=O)CN(C)C(=O)CN(C)C1=O. The molecule has 522 valence electrons. The monoisotopic (exact) mass is 1330 g/mol. The van der Waals surface area contributed by atoms with E-state index in [1.165, 1.54) is 72.9 Å². The van der Waals surface area contributed by atoms with Crippen molar-refractivity contribution >= 4 is 76.6 Å². The Labute approximate surface area is 553 Å². The summed E-state index contributed by atoms with van der Waals surface area (Å²) < 4.78 is 41.4. The van der Waals surface area contributed by atoms with Crippen molar-refractivity contribution < 1.29 is 65.9 Å². The molecule has 4 aliphatic rings. The molecule has 4 N–H and O–H groups in total. The molecule has 2 saturated carbocycles. The topological polar surface area (TPSA) is 259 Å². The van der Waals surface area contributed by atoms with Gasteiger partial charge in [0.25, 0.3) is 0 Å². The Morgan fingerprint density at radius 2 is 1.23 bits per heavy atom. The van der Waals surface area contributed by atoms with Crippen LogP contribution in [0.2, 0.25) is 5.02 Å². The van der Waals surface area contributed by atoms with E-state index < -0.39 is 161 Å². The van der Waals surface area contributed by atoms with Crippen molar-refractivity contribution in [3.05, 3.63) is 34.3 Å². The Kier molecular flexibility index (Phi) is 28.4. The zero-order valence-electron chi connectivity index (χ0n) is 57.3. The van der Waals surface area contributed by atoms with E-state index in [1.807, 2.05) is 34.6 Å². The average molecular weight is 1330 g/mol. The number of benzene rings is 1. The molecule has 5 rings (SSSR count). The van der Waals surface area contributed by atoms with E-state index >= 15 is 9.59 Å². The first kappa shape index (κ1) is 77.2. The summed E-state index contributed by atoms with van der Waals surface area (Å²) in [4.78, 5) is 170. The second kappa shape index (κ2) is 34.2. The molecule has 1 unspecified atom stereocenters. The van der Waals surface area contributed by atoms with Crippen molar-refractivity contribution in [2.75, 3.05) is 68.5 Å². The second-order valence-electron chi connectivity index (χ2n) is 28.0. The number of carbonyl (C=O) groups excluding carboxylic acids is 11. The molecule has 1 aromatic carbocycles. The van der Waals surface area contributed by atoms with Crippen LogP contribution in [0, 0.1) is 29.6 Å². The van der Waals surface area contributed by atoms with E-state index in [0.717, 1.165) is 54.0 Å². The Hall–Kier alpha value is -6.53. The second-order valence-corrected chi connectivity index (χ2v) is 28.4. The number of hydrogen-bond donors (Lipinski definition) is 4. The zero-order chi connectivity index (χ0) is 69.6. The highest BCUT2D eigenvalue weighted by Gasteiger charge is 2.50. The summed E-state index contributed by atoms with van der Waals surface area (Å²) in [6.07, 6.45) is 2.42. The Bertz CT molecular complexity index is 2830. The summed E-state index contributed by atoms with van der Waals surface area (Å²) in [5.74, 6) is -7.78. The number of rotatable bonds is 12. The fraction of sp³-hybridized carbons (Fsp3) is 0.746. The number of likely N-dealkylation sites (N-methyl/N-ethyl adjacent to an activating group) is 6. The van der Waals surface area contributed by atoms with Gasteiger partial charge in [-0.25, -0.2) is 0 Å². The van der Waals surface area contributed by atoms with Crippen LogP contribution < -0.4 is 21.3 Å². The average Bonchev–Trinajstić information content (AvgIpc) is 1.76. The standard InChI is InChI=1S/C67H105ClF3N11O11/c1-15-43(8)57-64(92)78(11)38-55(85)76(9)39-56(86)80(13)52(35-44-22-17-16-18-23-44)63(91)77(10)37-53(83)73-49(28-26-45-25-27-47(48(68)34-45)67(69,70)71)62(90)82-31-21-24-50(82)60(88)75-66(29-19-20-30-66)65(93)81(14)58(42(6)7)61(89)72-46(32-40(2)3)36-54(84)79(12)51(33-41(4)5)59(87)74-57/h25,27,34,40-44,46,49-52,57-58H,15-24,26,28-33,35-39H2,1-14H3,(H,72,89)(H,73,83)(H,74,87)(H,75,88)/t43-,46+,49-,50?,51-,52-,57-,58-/m0/s1. The molecule has 22 nitrogen and oxygen atoms in total. The minimum Gasteiger partial charge on any atom is -0.351 e. The number of alkyl halides is 3. The van der Waals surface area contributed by atoms with E-state index in [-0.39, 0.29) is 75.7 Å². The summed E-state index contributed by atoms with van der Waals surface area (Å²) in [6, 6.07) is -4.56. The molecule has 2 aliphatic heterocycles. The third-order valence-corrected chi connectivity index (χ3v) is 19.6. The summed E-state index contributed by atoms with van der Waals surface area (Å²) >= 11 is 6.13. The van der Waals surface area contributed by atoms with Crippen LogP contribution in [0.4, 0.5) is 13.2 Å². The van der Waals surface area contributed by atoms with Gasteiger partial charge in [-0.1, -0.05) is 124 Å². The number of halogens is 4. The molecule has 1 spiro atoms. The Morgan fingerprint density at radius 3 is 1.81 bits per heavy atom. The third kappa shape index (κ3) is 20.7. The van der Waals surface area contributed by atoms with Gasteiger partial charge in [-0.05, 0) is 105 Å². The molecule has 93 heavy (non-hydrogen) atoms. The van der Waals surface area contributed by atoms with Crippen molar-refractivity contribution in [3.63, 3.8) is 0 Å². The molecule has 1 aromatic rings. The van der Waals surface area contributed by atoms with Crippen molar-refractivity contribution in [1.82, 2.24) is 55.6 Å². The van der Waals surface area contributed by atoms with E-state index in [9.17, 15) is 56.3 Å². The number of hydrogen-bond acceptors (Lipinski definition) is 11. The zero-order valence-corrected chi connectivity index (χ0v) is 58.1. The summed E-state index contributed by atoms with van der Waals surface area (Å²) in [6.45, 7) is 13.3. The predicted molar refractivity (Wildman–Crippen MR) is 346 cm³/mol. The van der Waals surface area contributed by atoms with Crippen LogP contribution >= 0.6 is 11.6 Å². The van der Waals surface area contributed by atoms with Gasteiger partial charge in [0.15, 0.2) is 0 Å². The summed E-state index contributed by atoms with van der Waals surface area (Å²) in [5, 5.41) is 11.2. The van der Waals surface area contributed by atoms with Crippen LogP contribution in [-0.2, 0) is 65.3 Å². The van der Waals surface area contributed by atoms with Crippen LogP contribution in [0.25, 0.3) is 0 Å². The largest absolute Gasteiger partial charge is 0.417 e. The van der Waals surface area contributed by atoms with E-state index in [0.29, 0.717) is 37.7 Å². The van der Waals surface area contributed by atoms with Crippen molar-refractivity contribution in [1.29, 1.82) is 0 Å². The Morgan fingerprint density at radius 1 is 0.624 bits per heavy atom. The number of nitrogens with zero attached hydrogens (tertiary/aromatic N) is 7. The molecular weight excluding hydrogens is 1230 g/mol. The number of amides is 11. The fourth-order valence-corrected chi connectivity index (χ4v) is 14.0. The predicted octanol–water partition coefficient (Wildman–Crippen LogP) is 6.19. The van der Waals surface area contributed by atoms with Crippen molar-refractivity contribution in [2.24, 2.45) is 29.6 Å². The highest BCUT2D eigenvalue weighted by molar-refractivity contribution is 6.31. The van der Waals surface area contributed by atoms with Crippen LogP contribution in [0.1, 0.15) is 176 Å². The lowest BCUT2D eigenvalue weighted by Gasteiger charge is -2.39. The number of nitrogens with one attached hydrogen (secondary N) is 4. The van der Waals surface area contributed by atoms with Gasteiger partial charge >= 0.3 is 6.18 Å². The summed E-state index contributed by atoms with van der Waals surface area (Å²) in [5.41, 5.74) is -2.26. The van der Waals surface area contributed by atoms with Gasteiger partial charge in [-0.3, -0.25) is 52.7 Å². The van der Waals surface area contributed by atoms with Crippen LogP contribution in [0.5, 0.6) is 0 Å².